The van der Waals surface area contributed by atoms with Gasteiger partial charge in [0.1, 0.15) is 12.4 Å². The van der Waals surface area contributed by atoms with E-state index in [4.69, 9.17) is 9.47 Å². The molecule has 202 valence electrons. The van der Waals surface area contributed by atoms with Gasteiger partial charge in [0.15, 0.2) is 0 Å². The van der Waals surface area contributed by atoms with Gasteiger partial charge in [-0.1, -0.05) is 45.0 Å². The SMILES string of the molecule is CCN1CCCC1CNC(=O)c1ccc2c(c1)Cc1cccc(c1)CN(CCC(C)C)CCOCCO2. The van der Waals surface area contributed by atoms with E-state index in [0.717, 1.165) is 56.9 Å². The summed E-state index contributed by atoms with van der Waals surface area (Å²) in [6.45, 7) is 14.3. The number of benzene rings is 2. The van der Waals surface area contributed by atoms with Crippen molar-refractivity contribution in [2.24, 2.45) is 5.92 Å². The van der Waals surface area contributed by atoms with E-state index in [9.17, 15) is 4.79 Å². The van der Waals surface area contributed by atoms with E-state index >= 15 is 0 Å². The topological polar surface area (TPSA) is 54.0 Å². The Kier molecular flexibility index (Phi) is 10.4. The smallest absolute Gasteiger partial charge is 0.251 e. The van der Waals surface area contributed by atoms with Gasteiger partial charge in [0.25, 0.3) is 5.91 Å². The number of likely N-dealkylation sites (tertiary alicyclic amines) is 1. The lowest BCUT2D eigenvalue weighted by atomic mass is 9.99. The first-order valence-electron chi connectivity index (χ1n) is 14.2. The molecule has 1 unspecified atom stereocenters. The molecule has 0 spiro atoms. The summed E-state index contributed by atoms with van der Waals surface area (Å²) in [4.78, 5) is 18.0. The summed E-state index contributed by atoms with van der Waals surface area (Å²) in [6.07, 6.45) is 4.27. The Morgan fingerprint density at radius 2 is 1.95 bits per heavy atom. The number of fused-ring (bicyclic) bond motifs is 3. The summed E-state index contributed by atoms with van der Waals surface area (Å²) in [7, 11) is 0. The largest absolute Gasteiger partial charge is 0.491 e. The molecule has 2 bridgehead atoms. The predicted molar refractivity (Wildman–Crippen MR) is 149 cm³/mol. The lowest BCUT2D eigenvalue weighted by molar-refractivity contribution is 0.0764. The van der Waals surface area contributed by atoms with Crippen molar-refractivity contribution < 1.29 is 14.3 Å². The average molecular weight is 508 g/mol. The maximum Gasteiger partial charge on any atom is 0.251 e. The minimum Gasteiger partial charge on any atom is -0.491 e. The highest BCUT2D eigenvalue weighted by molar-refractivity contribution is 5.94. The van der Waals surface area contributed by atoms with E-state index in [1.54, 1.807) is 0 Å². The molecule has 1 N–H and O–H groups in total. The van der Waals surface area contributed by atoms with Crippen molar-refractivity contribution in [2.45, 2.75) is 59.0 Å². The van der Waals surface area contributed by atoms with Gasteiger partial charge in [-0.2, -0.15) is 0 Å². The summed E-state index contributed by atoms with van der Waals surface area (Å²) >= 11 is 0. The van der Waals surface area contributed by atoms with Crippen molar-refractivity contribution in [1.29, 1.82) is 0 Å². The first-order chi connectivity index (χ1) is 18.0. The molecule has 1 atom stereocenters. The standard InChI is InChI=1S/C31H45N3O3/c1-4-34-13-6-9-29(34)22-32-31(35)27-10-11-30-28(21-27)20-25-7-5-8-26(19-25)23-33(14-12-24(2)3)15-16-36-17-18-37-30/h5,7-8,10-11,19,21,24,29H,4,6,9,12-18,20,22-23H2,1-3H3,(H,32,35). The Hall–Kier alpha value is -2.41. The van der Waals surface area contributed by atoms with E-state index in [2.05, 4.69) is 60.2 Å². The molecule has 1 fully saturated rings. The van der Waals surface area contributed by atoms with Gasteiger partial charge < -0.3 is 14.8 Å². The molecule has 2 aromatic rings. The van der Waals surface area contributed by atoms with Gasteiger partial charge in [0, 0.05) is 37.7 Å². The monoisotopic (exact) mass is 507 g/mol. The molecule has 2 aliphatic rings. The molecular weight excluding hydrogens is 462 g/mol. The molecule has 6 nitrogen and oxygen atoms in total. The van der Waals surface area contributed by atoms with Crippen molar-refractivity contribution >= 4 is 5.91 Å². The van der Waals surface area contributed by atoms with Gasteiger partial charge in [-0.05, 0) is 79.7 Å². The van der Waals surface area contributed by atoms with Gasteiger partial charge in [0.05, 0.1) is 13.2 Å². The summed E-state index contributed by atoms with van der Waals surface area (Å²) in [5.41, 5.74) is 4.28. The molecule has 6 heteroatoms. The van der Waals surface area contributed by atoms with Crippen LogP contribution >= 0.6 is 0 Å². The number of hydrogen-bond acceptors (Lipinski definition) is 5. The van der Waals surface area contributed by atoms with Crippen LogP contribution in [0.15, 0.2) is 42.5 Å². The third-order valence-corrected chi connectivity index (χ3v) is 7.58. The number of rotatable bonds is 7. The first kappa shape index (κ1) is 27.6. The maximum absolute atomic E-state index is 13.1. The highest BCUT2D eigenvalue weighted by atomic mass is 16.5. The summed E-state index contributed by atoms with van der Waals surface area (Å²) in [5, 5.41) is 3.18. The highest BCUT2D eigenvalue weighted by Gasteiger charge is 2.23. The number of carbonyl (C=O) groups is 1. The van der Waals surface area contributed by atoms with Crippen LogP contribution in [0.4, 0.5) is 0 Å². The fraction of sp³-hybridized carbons (Fsp3) is 0.581. The lowest BCUT2D eigenvalue weighted by Crippen LogP contribution is -2.40. The first-order valence-corrected chi connectivity index (χ1v) is 14.2. The zero-order valence-electron chi connectivity index (χ0n) is 23.0. The number of nitrogens with one attached hydrogen (secondary N) is 1. The molecule has 0 radical (unpaired) electrons. The highest BCUT2D eigenvalue weighted by Crippen LogP contribution is 2.25. The molecule has 2 aromatic carbocycles. The number of amides is 1. The lowest BCUT2D eigenvalue weighted by Gasteiger charge is -2.24. The van der Waals surface area contributed by atoms with Crippen LogP contribution in [0.3, 0.4) is 0 Å². The summed E-state index contributed by atoms with van der Waals surface area (Å²) in [5.74, 6) is 1.50. The van der Waals surface area contributed by atoms with Crippen LogP contribution in [0.5, 0.6) is 5.75 Å². The van der Waals surface area contributed by atoms with Gasteiger partial charge in [-0.3, -0.25) is 14.6 Å². The molecule has 37 heavy (non-hydrogen) atoms. The Morgan fingerprint density at radius 1 is 1.08 bits per heavy atom. The molecule has 2 heterocycles. The fourth-order valence-corrected chi connectivity index (χ4v) is 5.39. The second kappa shape index (κ2) is 13.9. The van der Waals surface area contributed by atoms with E-state index in [-0.39, 0.29) is 5.91 Å². The van der Waals surface area contributed by atoms with Gasteiger partial charge >= 0.3 is 0 Å². The van der Waals surface area contributed by atoms with Crippen LogP contribution in [0.25, 0.3) is 0 Å². The number of carbonyl (C=O) groups excluding carboxylic acids is 1. The van der Waals surface area contributed by atoms with Gasteiger partial charge in [0.2, 0.25) is 0 Å². The molecule has 0 saturated carbocycles. The number of nitrogens with zero attached hydrogens (tertiary/aromatic N) is 2. The van der Waals surface area contributed by atoms with Crippen LogP contribution < -0.4 is 10.1 Å². The normalized spacial score (nSPS) is 19.7. The Balaban J connectivity index is 1.49. The van der Waals surface area contributed by atoms with Gasteiger partial charge in [-0.15, -0.1) is 0 Å². The molecule has 1 amide bonds. The van der Waals surface area contributed by atoms with Crippen LogP contribution in [-0.2, 0) is 17.7 Å². The molecular formula is C31H45N3O3. The van der Waals surface area contributed by atoms with Gasteiger partial charge in [-0.25, -0.2) is 0 Å². The van der Waals surface area contributed by atoms with E-state index in [1.807, 2.05) is 18.2 Å². The zero-order chi connectivity index (χ0) is 26.0. The second-order valence-electron chi connectivity index (χ2n) is 10.9. The molecule has 1 saturated heterocycles. The van der Waals surface area contributed by atoms with Crippen LogP contribution in [0.1, 0.15) is 67.1 Å². The van der Waals surface area contributed by atoms with Crippen LogP contribution in [0.2, 0.25) is 0 Å². The zero-order valence-corrected chi connectivity index (χ0v) is 23.0. The second-order valence-corrected chi connectivity index (χ2v) is 10.9. The minimum atomic E-state index is -0.0111. The maximum atomic E-state index is 13.1. The summed E-state index contributed by atoms with van der Waals surface area (Å²) in [6, 6.07) is 15.1. The third-order valence-electron chi connectivity index (χ3n) is 7.58. The number of hydrogen-bond donors (Lipinski definition) is 1. The Labute approximate surface area is 223 Å². The molecule has 4 rings (SSSR count). The van der Waals surface area contributed by atoms with Crippen molar-refractivity contribution in [1.82, 2.24) is 15.1 Å². The molecule has 0 aliphatic carbocycles. The number of likely N-dealkylation sites (N-methyl/N-ethyl adjacent to an activating group) is 1. The van der Waals surface area contributed by atoms with Crippen molar-refractivity contribution in [3.8, 4) is 5.75 Å². The summed E-state index contributed by atoms with van der Waals surface area (Å²) < 4.78 is 12.0. The minimum absolute atomic E-state index is 0.0111. The molecule has 0 aromatic heterocycles. The van der Waals surface area contributed by atoms with Crippen molar-refractivity contribution in [3.05, 3.63) is 64.7 Å². The van der Waals surface area contributed by atoms with E-state index in [0.29, 0.717) is 43.9 Å². The average Bonchev–Trinajstić information content (AvgIpc) is 3.35. The Bertz CT molecular complexity index is 1010. The van der Waals surface area contributed by atoms with E-state index < -0.39 is 0 Å². The van der Waals surface area contributed by atoms with E-state index in [1.165, 1.54) is 24.0 Å². The van der Waals surface area contributed by atoms with Crippen molar-refractivity contribution in [2.75, 3.05) is 52.5 Å². The van der Waals surface area contributed by atoms with Crippen LogP contribution in [-0.4, -0.2) is 74.3 Å². The molecule has 2 aliphatic heterocycles. The number of ether oxygens (including phenoxy) is 2. The predicted octanol–water partition coefficient (Wildman–Crippen LogP) is 4.75. The fourth-order valence-electron chi connectivity index (χ4n) is 5.39. The quantitative estimate of drug-likeness (QED) is 0.586. The Morgan fingerprint density at radius 3 is 2.78 bits per heavy atom. The van der Waals surface area contributed by atoms with Crippen LogP contribution in [0, 0.1) is 5.92 Å². The third kappa shape index (κ3) is 8.29. The van der Waals surface area contributed by atoms with Crippen molar-refractivity contribution in [3.63, 3.8) is 0 Å².